The Labute approximate surface area is 172 Å². The number of hydrogen-bond donors (Lipinski definition) is 1. The van der Waals surface area contributed by atoms with Gasteiger partial charge in [-0.2, -0.15) is 13.2 Å². The van der Waals surface area contributed by atoms with E-state index in [0.717, 1.165) is 54.3 Å². The molecule has 0 radical (unpaired) electrons. The van der Waals surface area contributed by atoms with Gasteiger partial charge < -0.3 is 19.9 Å². The van der Waals surface area contributed by atoms with E-state index in [1.54, 1.807) is 7.11 Å². The third-order valence-corrected chi connectivity index (χ3v) is 5.37. The first kappa shape index (κ1) is 21.2. The van der Waals surface area contributed by atoms with Gasteiger partial charge in [0.15, 0.2) is 11.7 Å². The molecule has 3 rings (SSSR count). The molecule has 0 bridgehead atoms. The third-order valence-electron chi connectivity index (χ3n) is 4.54. The molecule has 0 amide bonds. The minimum absolute atomic E-state index is 0.124. The zero-order chi connectivity index (χ0) is 20.9. The Hall–Kier alpha value is -2.49. The number of guanidine groups is 1. The molecule has 0 unspecified atom stereocenters. The molecule has 1 aromatic heterocycles. The van der Waals surface area contributed by atoms with Gasteiger partial charge in [0.2, 0.25) is 0 Å². The summed E-state index contributed by atoms with van der Waals surface area (Å²) < 4.78 is 43.4. The fourth-order valence-electron chi connectivity index (χ4n) is 3.07. The second-order valence-electron chi connectivity index (χ2n) is 6.47. The lowest BCUT2D eigenvalue weighted by Crippen LogP contribution is -2.52. The van der Waals surface area contributed by atoms with Crippen LogP contribution in [0.15, 0.2) is 34.6 Å². The van der Waals surface area contributed by atoms with Crippen LogP contribution in [-0.2, 0) is 12.7 Å². The number of hydrogen-bond acceptors (Lipinski definition) is 5. The van der Waals surface area contributed by atoms with E-state index in [0.29, 0.717) is 17.5 Å². The molecule has 29 heavy (non-hydrogen) atoms. The van der Waals surface area contributed by atoms with Gasteiger partial charge in [-0.15, -0.1) is 11.3 Å². The Morgan fingerprint density at radius 2 is 2.03 bits per heavy atom. The van der Waals surface area contributed by atoms with Crippen molar-refractivity contribution in [2.75, 3.05) is 44.7 Å². The van der Waals surface area contributed by atoms with Crippen LogP contribution >= 0.6 is 11.3 Å². The van der Waals surface area contributed by atoms with Crippen LogP contribution in [0.4, 0.5) is 18.9 Å². The normalized spacial score (nSPS) is 15.6. The largest absolute Gasteiger partial charge is 0.497 e. The van der Waals surface area contributed by atoms with Gasteiger partial charge in [-0.1, -0.05) is 6.07 Å². The lowest BCUT2D eigenvalue weighted by Gasteiger charge is -2.37. The van der Waals surface area contributed by atoms with Crippen molar-refractivity contribution in [1.82, 2.24) is 15.2 Å². The quantitative estimate of drug-likeness (QED) is 0.585. The van der Waals surface area contributed by atoms with Crippen LogP contribution < -0.4 is 15.0 Å². The van der Waals surface area contributed by atoms with E-state index in [1.165, 1.54) is 0 Å². The van der Waals surface area contributed by atoms with Crippen molar-refractivity contribution >= 4 is 23.0 Å². The molecule has 1 aromatic carbocycles. The first-order valence-electron chi connectivity index (χ1n) is 9.34. The summed E-state index contributed by atoms with van der Waals surface area (Å²) in [6.45, 7) is 5.91. The molecule has 1 N–H and O–H groups in total. The molecule has 0 spiro atoms. The summed E-state index contributed by atoms with van der Waals surface area (Å²) in [6, 6.07) is 7.95. The van der Waals surface area contributed by atoms with Crippen LogP contribution in [0.1, 0.15) is 17.6 Å². The highest BCUT2D eigenvalue weighted by atomic mass is 32.1. The van der Waals surface area contributed by atoms with Crippen molar-refractivity contribution in [2.24, 2.45) is 4.99 Å². The predicted molar refractivity (Wildman–Crippen MR) is 109 cm³/mol. The first-order chi connectivity index (χ1) is 13.9. The fraction of sp³-hybridized carbons (Fsp3) is 0.474. The topological polar surface area (TPSA) is 53.0 Å². The Balaban J connectivity index is 1.62. The van der Waals surface area contributed by atoms with Gasteiger partial charge in [0.1, 0.15) is 10.8 Å². The van der Waals surface area contributed by atoms with E-state index in [4.69, 9.17) is 4.74 Å². The Bertz CT molecular complexity index is 831. The number of ether oxygens (including phenoxy) is 1. The number of nitrogens with zero attached hydrogens (tertiary/aromatic N) is 4. The van der Waals surface area contributed by atoms with Crippen molar-refractivity contribution in [1.29, 1.82) is 0 Å². The summed E-state index contributed by atoms with van der Waals surface area (Å²) in [6.07, 6.45) is -4.42. The van der Waals surface area contributed by atoms with Gasteiger partial charge >= 0.3 is 6.18 Å². The van der Waals surface area contributed by atoms with Crippen molar-refractivity contribution in [3.63, 3.8) is 0 Å². The number of piperazine rings is 1. The molecule has 6 nitrogen and oxygen atoms in total. The van der Waals surface area contributed by atoms with E-state index in [2.05, 4.69) is 31.2 Å². The van der Waals surface area contributed by atoms with Crippen LogP contribution in [0, 0.1) is 0 Å². The maximum Gasteiger partial charge on any atom is 0.434 e. The van der Waals surface area contributed by atoms with E-state index in [-0.39, 0.29) is 6.54 Å². The minimum atomic E-state index is -4.42. The van der Waals surface area contributed by atoms with Crippen LogP contribution in [0.2, 0.25) is 0 Å². The molecule has 2 heterocycles. The summed E-state index contributed by atoms with van der Waals surface area (Å²) in [5.74, 6) is 1.52. The van der Waals surface area contributed by atoms with Crippen molar-refractivity contribution < 1.29 is 17.9 Å². The van der Waals surface area contributed by atoms with Crippen LogP contribution in [0.3, 0.4) is 0 Å². The lowest BCUT2D eigenvalue weighted by atomic mass is 10.2. The molecule has 1 aliphatic heterocycles. The van der Waals surface area contributed by atoms with Crippen molar-refractivity contribution in [3.8, 4) is 5.75 Å². The highest BCUT2D eigenvalue weighted by molar-refractivity contribution is 7.09. The number of aliphatic imine (C=N–C) groups is 1. The molecule has 1 aliphatic rings. The average Bonchev–Trinajstić information content (AvgIpc) is 3.21. The standard InChI is InChI=1S/C19H24F3N5OS/c1-3-23-18(24-12-17-25-16(13-29-17)19(20,21)22)27-9-7-26(8-10-27)14-5-4-6-15(11-14)28-2/h4-6,11,13H,3,7-10,12H2,1-2H3,(H,23,24). The number of aromatic nitrogens is 1. The van der Waals surface area contributed by atoms with Gasteiger partial charge in [0.05, 0.1) is 13.7 Å². The minimum Gasteiger partial charge on any atom is -0.497 e. The molecule has 1 saturated heterocycles. The highest BCUT2D eigenvalue weighted by Gasteiger charge is 2.33. The molecule has 10 heteroatoms. The van der Waals surface area contributed by atoms with Gasteiger partial charge in [-0.25, -0.2) is 9.98 Å². The number of benzene rings is 1. The number of halogens is 3. The fourth-order valence-corrected chi connectivity index (χ4v) is 3.79. The predicted octanol–water partition coefficient (Wildman–Crippen LogP) is 3.46. The number of nitrogens with one attached hydrogen (secondary N) is 1. The van der Waals surface area contributed by atoms with E-state index < -0.39 is 11.9 Å². The van der Waals surface area contributed by atoms with Crippen molar-refractivity contribution in [2.45, 2.75) is 19.6 Å². The number of alkyl halides is 3. The molecule has 2 aromatic rings. The number of anilines is 1. The second-order valence-corrected chi connectivity index (χ2v) is 7.41. The van der Waals surface area contributed by atoms with Gasteiger partial charge in [0.25, 0.3) is 0 Å². The van der Waals surface area contributed by atoms with Crippen LogP contribution in [0.25, 0.3) is 0 Å². The van der Waals surface area contributed by atoms with Gasteiger partial charge in [-0.3, -0.25) is 0 Å². The molecule has 1 fully saturated rings. The Morgan fingerprint density at radius 3 is 2.66 bits per heavy atom. The Morgan fingerprint density at radius 1 is 1.28 bits per heavy atom. The van der Waals surface area contributed by atoms with E-state index in [1.807, 2.05) is 25.1 Å². The average molecular weight is 427 g/mol. The molecule has 0 saturated carbocycles. The highest BCUT2D eigenvalue weighted by Crippen LogP contribution is 2.30. The van der Waals surface area contributed by atoms with Crippen LogP contribution in [0.5, 0.6) is 5.75 Å². The second kappa shape index (κ2) is 9.34. The molecular formula is C19H24F3N5OS. The van der Waals surface area contributed by atoms with Crippen molar-refractivity contribution in [3.05, 3.63) is 40.3 Å². The van der Waals surface area contributed by atoms with Gasteiger partial charge in [-0.05, 0) is 19.1 Å². The lowest BCUT2D eigenvalue weighted by molar-refractivity contribution is -0.140. The summed E-state index contributed by atoms with van der Waals surface area (Å²) in [5, 5.41) is 4.61. The zero-order valence-electron chi connectivity index (χ0n) is 16.4. The third kappa shape index (κ3) is 5.53. The summed E-state index contributed by atoms with van der Waals surface area (Å²) in [4.78, 5) is 12.5. The maximum absolute atomic E-state index is 12.7. The number of methoxy groups -OCH3 is 1. The molecular weight excluding hydrogens is 403 g/mol. The molecule has 158 valence electrons. The number of thiazole rings is 1. The SMILES string of the molecule is CCNC(=NCc1nc(C(F)(F)F)cs1)N1CCN(c2cccc(OC)c2)CC1. The monoisotopic (exact) mass is 427 g/mol. The first-order valence-corrected chi connectivity index (χ1v) is 10.2. The van der Waals surface area contributed by atoms with Crippen LogP contribution in [-0.4, -0.2) is 55.7 Å². The number of rotatable bonds is 5. The summed E-state index contributed by atoms with van der Waals surface area (Å²) >= 11 is 0.980. The smallest absolute Gasteiger partial charge is 0.434 e. The van der Waals surface area contributed by atoms with E-state index in [9.17, 15) is 13.2 Å². The maximum atomic E-state index is 12.7. The Kier molecular flexibility index (Phi) is 6.83. The summed E-state index contributed by atoms with van der Waals surface area (Å²) in [7, 11) is 1.65. The zero-order valence-corrected chi connectivity index (χ0v) is 17.2. The summed E-state index contributed by atoms with van der Waals surface area (Å²) in [5.41, 5.74) is 0.248. The molecule has 0 aliphatic carbocycles. The van der Waals surface area contributed by atoms with E-state index >= 15 is 0 Å². The van der Waals surface area contributed by atoms with Gasteiger partial charge in [0, 0.05) is 49.9 Å². The molecule has 0 atom stereocenters.